The number of hydrogen-bond acceptors (Lipinski definition) is 6. The van der Waals surface area contributed by atoms with Crippen molar-refractivity contribution in [3.63, 3.8) is 0 Å². The summed E-state index contributed by atoms with van der Waals surface area (Å²) >= 11 is 0. The van der Waals surface area contributed by atoms with Crippen LogP contribution in [-0.4, -0.2) is 44.9 Å². The van der Waals surface area contributed by atoms with Crippen molar-refractivity contribution in [3.05, 3.63) is 47.3 Å². The van der Waals surface area contributed by atoms with Crippen LogP contribution in [0.25, 0.3) is 0 Å². The van der Waals surface area contributed by atoms with Crippen molar-refractivity contribution >= 4 is 11.8 Å². The fourth-order valence-corrected chi connectivity index (χ4v) is 8.03. The van der Waals surface area contributed by atoms with Crippen LogP contribution < -0.4 is 0 Å². The molecule has 0 aromatic rings. The highest BCUT2D eigenvalue weighted by molar-refractivity contribution is 6.26. The Hall–Kier alpha value is -2.18. The van der Waals surface area contributed by atoms with E-state index in [1.54, 1.807) is 0 Å². The highest BCUT2D eigenvalue weighted by Gasteiger charge is 2.66. The van der Waals surface area contributed by atoms with Crippen LogP contribution in [0.3, 0.4) is 0 Å². The molecule has 10 atom stereocenters. The molecule has 1 aliphatic heterocycles. The van der Waals surface area contributed by atoms with Crippen LogP contribution in [0.5, 0.6) is 0 Å². The van der Waals surface area contributed by atoms with Crippen LogP contribution in [0.2, 0.25) is 0 Å². The van der Waals surface area contributed by atoms with Crippen LogP contribution >= 0.6 is 0 Å². The molecule has 1 unspecified atom stereocenters. The van der Waals surface area contributed by atoms with E-state index in [4.69, 9.17) is 4.74 Å². The summed E-state index contributed by atoms with van der Waals surface area (Å²) in [4.78, 5) is 27.8. The lowest BCUT2D eigenvalue weighted by Gasteiger charge is -2.53. The monoisotopic (exact) mass is 496 g/mol. The molecule has 6 nitrogen and oxygen atoms in total. The summed E-state index contributed by atoms with van der Waals surface area (Å²) in [5, 5.41) is 33.8. The van der Waals surface area contributed by atoms with Crippen molar-refractivity contribution < 1.29 is 29.6 Å². The Morgan fingerprint density at radius 3 is 2.56 bits per heavy atom. The van der Waals surface area contributed by atoms with Gasteiger partial charge < -0.3 is 20.1 Å². The van der Waals surface area contributed by atoms with E-state index in [9.17, 15) is 24.9 Å². The summed E-state index contributed by atoms with van der Waals surface area (Å²) in [5.74, 6) is -2.46. The Kier molecular flexibility index (Phi) is 5.96. The van der Waals surface area contributed by atoms with E-state index in [-0.39, 0.29) is 40.9 Å². The van der Waals surface area contributed by atoms with E-state index in [2.05, 4.69) is 32.1 Å². The number of carbonyl (C=O) groups excluding carboxylic acids is 2. The predicted molar refractivity (Wildman–Crippen MR) is 136 cm³/mol. The molecule has 1 heterocycles. The zero-order valence-electron chi connectivity index (χ0n) is 22.0. The van der Waals surface area contributed by atoms with Crippen LogP contribution in [0, 0.1) is 40.4 Å². The summed E-state index contributed by atoms with van der Waals surface area (Å²) in [5.41, 5.74) is -2.15. The Morgan fingerprint density at radius 1 is 1.14 bits per heavy atom. The number of allylic oxidation sites excluding steroid dienone is 5. The minimum absolute atomic E-state index is 0.112. The second-order valence-electron chi connectivity index (χ2n) is 12.4. The second kappa shape index (κ2) is 8.42. The van der Waals surface area contributed by atoms with Gasteiger partial charge in [-0.1, -0.05) is 63.6 Å². The van der Waals surface area contributed by atoms with Gasteiger partial charge in [0, 0.05) is 29.1 Å². The molecule has 2 fully saturated rings. The zero-order valence-corrected chi connectivity index (χ0v) is 22.0. The SMILES string of the molecule is CC[C@@H]1C[C@]23OC(=O)/C(=C(/O)[C@]4(C)C(C=C[C@@H]5[C@@H](O)[C@@H](C)[C@@H](O)C[C@H]54)C/C=C\C[C@]2(C)C=C1C)C3=O. The number of aliphatic hydroxyl groups is 3. The molecular weight excluding hydrogens is 456 g/mol. The Bertz CT molecular complexity index is 1100. The summed E-state index contributed by atoms with van der Waals surface area (Å²) < 4.78 is 6.07. The average Bonchev–Trinajstić information content (AvgIpc) is 3.08. The van der Waals surface area contributed by atoms with Gasteiger partial charge >= 0.3 is 5.97 Å². The highest BCUT2D eigenvalue weighted by Crippen LogP contribution is 2.60. The van der Waals surface area contributed by atoms with Gasteiger partial charge in [0.2, 0.25) is 5.78 Å². The van der Waals surface area contributed by atoms with Gasteiger partial charge in [0.1, 0.15) is 11.3 Å². The molecule has 3 N–H and O–H groups in total. The number of aliphatic hydroxyl groups excluding tert-OH is 3. The molecule has 5 rings (SSSR count). The first-order valence-electron chi connectivity index (χ1n) is 13.5. The first-order valence-corrected chi connectivity index (χ1v) is 13.5. The number of fused-ring (bicyclic) bond motifs is 4. The maximum atomic E-state index is 14.3. The van der Waals surface area contributed by atoms with E-state index in [1.165, 1.54) is 5.57 Å². The molecule has 5 aliphatic rings. The third-order valence-electron chi connectivity index (χ3n) is 10.7. The van der Waals surface area contributed by atoms with Crippen molar-refractivity contribution in [2.75, 3.05) is 0 Å². The van der Waals surface area contributed by atoms with Gasteiger partial charge in [-0.15, -0.1) is 0 Å². The Morgan fingerprint density at radius 2 is 1.86 bits per heavy atom. The van der Waals surface area contributed by atoms with E-state index in [0.717, 1.165) is 6.42 Å². The topological polar surface area (TPSA) is 104 Å². The van der Waals surface area contributed by atoms with E-state index >= 15 is 0 Å². The minimum Gasteiger partial charge on any atom is -0.511 e. The number of Topliss-reactive ketones (excluding diaryl/α,β-unsaturated/α-hetero) is 1. The molecule has 0 amide bonds. The van der Waals surface area contributed by atoms with Crippen molar-refractivity contribution in [1.82, 2.24) is 0 Å². The number of carbonyl (C=O) groups is 2. The Labute approximate surface area is 213 Å². The molecule has 1 saturated heterocycles. The number of hydrogen-bond donors (Lipinski definition) is 3. The number of ether oxygens (including phenoxy) is 1. The molecule has 0 aromatic heterocycles. The number of rotatable bonds is 1. The van der Waals surface area contributed by atoms with Gasteiger partial charge in [0.25, 0.3) is 0 Å². The minimum atomic E-state index is -1.36. The van der Waals surface area contributed by atoms with Crippen molar-refractivity contribution in [1.29, 1.82) is 0 Å². The molecule has 6 heteroatoms. The lowest BCUT2D eigenvalue weighted by Crippen LogP contribution is -2.55. The highest BCUT2D eigenvalue weighted by atomic mass is 16.6. The van der Waals surface area contributed by atoms with E-state index in [0.29, 0.717) is 25.7 Å². The lowest BCUT2D eigenvalue weighted by atomic mass is 9.52. The van der Waals surface area contributed by atoms with Gasteiger partial charge in [-0.05, 0) is 50.4 Å². The molecule has 196 valence electrons. The summed E-state index contributed by atoms with van der Waals surface area (Å²) in [6.07, 6.45) is 11.5. The molecule has 1 saturated carbocycles. The van der Waals surface area contributed by atoms with Gasteiger partial charge in [-0.2, -0.15) is 0 Å². The third-order valence-corrected chi connectivity index (χ3v) is 10.7. The normalized spacial score (nSPS) is 51.3. The largest absolute Gasteiger partial charge is 0.511 e. The second-order valence-corrected chi connectivity index (χ2v) is 12.4. The zero-order chi connectivity index (χ0) is 26.2. The van der Waals surface area contributed by atoms with E-state index < -0.39 is 40.4 Å². The maximum absolute atomic E-state index is 14.3. The van der Waals surface area contributed by atoms with Gasteiger partial charge in [-0.3, -0.25) is 4.79 Å². The average molecular weight is 497 g/mol. The fourth-order valence-electron chi connectivity index (χ4n) is 8.03. The van der Waals surface area contributed by atoms with Crippen molar-refractivity contribution in [2.45, 2.75) is 84.5 Å². The van der Waals surface area contributed by atoms with Crippen LogP contribution in [-0.2, 0) is 14.3 Å². The van der Waals surface area contributed by atoms with Crippen LogP contribution in [0.15, 0.2) is 47.3 Å². The smallest absolute Gasteiger partial charge is 0.346 e. The van der Waals surface area contributed by atoms with Crippen LogP contribution in [0.1, 0.15) is 66.7 Å². The molecule has 0 aromatic carbocycles. The molecule has 4 aliphatic carbocycles. The number of ketones is 1. The van der Waals surface area contributed by atoms with E-state index in [1.807, 2.05) is 32.9 Å². The molecular formula is C30H40O6. The van der Waals surface area contributed by atoms with Crippen molar-refractivity contribution in [2.24, 2.45) is 40.4 Å². The standard InChI is InChI=1S/C30H40O6/c1-6-18-15-30-26(34)23(27(35)36-30)25(33)29(5)19(9-7-8-12-28(30,4)14-16(18)2)10-11-20-21(29)13-22(31)17(3)24(20)32/h7-8,10-11,14,17-22,24,31-33H,6,9,12-13,15H2,1-5H3/b8-7-,25-23+/t17-,18+,19?,20-,21+,22-,24-,28+,29+,30+/m0/s1. The van der Waals surface area contributed by atoms with Gasteiger partial charge in [0.15, 0.2) is 5.60 Å². The van der Waals surface area contributed by atoms with Crippen LogP contribution in [0.4, 0.5) is 0 Å². The van der Waals surface area contributed by atoms with Gasteiger partial charge in [-0.25, -0.2) is 4.79 Å². The fraction of sp³-hybridized carbons (Fsp3) is 0.667. The predicted octanol–water partition coefficient (Wildman–Crippen LogP) is 4.58. The molecule has 1 spiro atoms. The summed E-state index contributed by atoms with van der Waals surface area (Å²) in [6.45, 7) is 9.85. The Balaban J connectivity index is 1.72. The number of esters is 1. The summed E-state index contributed by atoms with van der Waals surface area (Å²) in [7, 11) is 0. The first kappa shape index (κ1) is 25.5. The molecule has 36 heavy (non-hydrogen) atoms. The lowest BCUT2D eigenvalue weighted by molar-refractivity contribution is -0.165. The molecule has 2 bridgehead atoms. The quantitative estimate of drug-likeness (QED) is 0.279. The van der Waals surface area contributed by atoms with Gasteiger partial charge in [0.05, 0.1) is 12.2 Å². The van der Waals surface area contributed by atoms with Crippen molar-refractivity contribution in [3.8, 4) is 0 Å². The molecule has 0 radical (unpaired) electrons. The third kappa shape index (κ3) is 3.22. The maximum Gasteiger partial charge on any atom is 0.346 e. The summed E-state index contributed by atoms with van der Waals surface area (Å²) in [6, 6.07) is 0. The first-order chi connectivity index (χ1) is 16.9.